The molecule has 1 heterocycles. The van der Waals surface area contributed by atoms with Gasteiger partial charge in [0.1, 0.15) is 6.54 Å². The summed E-state index contributed by atoms with van der Waals surface area (Å²) >= 11 is 0. The number of allylic oxidation sites excluding steroid dienone is 1. The van der Waals surface area contributed by atoms with Crippen molar-refractivity contribution in [1.29, 1.82) is 0 Å². The minimum atomic E-state index is -0.584. The Morgan fingerprint density at radius 3 is 2.54 bits per heavy atom. The zero-order valence-electron chi connectivity index (χ0n) is 23.6. The Labute approximate surface area is 240 Å². The van der Waals surface area contributed by atoms with Crippen LogP contribution in [0, 0.1) is 10.1 Å². The van der Waals surface area contributed by atoms with Gasteiger partial charge in [0.25, 0.3) is 0 Å². The van der Waals surface area contributed by atoms with Gasteiger partial charge in [-0.1, -0.05) is 24.3 Å². The lowest BCUT2D eigenvalue weighted by atomic mass is 9.81. The number of hydrogen-bond donors (Lipinski definition) is 4. The summed E-state index contributed by atoms with van der Waals surface area (Å²) in [4.78, 5) is 22.7. The molecule has 0 aliphatic carbocycles. The van der Waals surface area contributed by atoms with Crippen molar-refractivity contribution < 1.29 is 19.4 Å². The summed E-state index contributed by atoms with van der Waals surface area (Å²) in [5.74, 6) is -0.329. The van der Waals surface area contributed by atoms with E-state index in [9.17, 15) is 20.0 Å². The molecule has 41 heavy (non-hydrogen) atoms. The third-order valence-corrected chi connectivity index (χ3v) is 7.34. The van der Waals surface area contributed by atoms with E-state index in [1.165, 1.54) is 17.7 Å². The number of nitrogens with zero attached hydrogens (tertiary/aromatic N) is 2. The molecule has 3 aromatic carbocycles. The van der Waals surface area contributed by atoms with Crippen molar-refractivity contribution >= 4 is 40.4 Å². The molecule has 0 atom stereocenters. The van der Waals surface area contributed by atoms with Gasteiger partial charge < -0.3 is 21.5 Å². The average Bonchev–Trinajstić information content (AvgIpc) is 3.16. The molecular formula is C32H38N5O4+. The van der Waals surface area contributed by atoms with Gasteiger partial charge in [0.05, 0.1) is 10.3 Å². The van der Waals surface area contributed by atoms with Gasteiger partial charge in [-0.2, -0.15) is 4.58 Å². The van der Waals surface area contributed by atoms with Crippen LogP contribution in [0.3, 0.4) is 0 Å². The van der Waals surface area contributed by atoms with Crippen LogP contribution in [-0.2, 0) is 10.2 Å². The first-order valence-corrected chi connectivity index (χ1v) is 13.9. The molecule has 0 unspecified atom stereocenters. The Morgan fingerprint density at radius 2 is 1.80 bits per heavy atom. The summed E-state index contributed by atoms with van der Waals surface area (Å²) in [7, 11) is 0. The normalized spacial score (nSPS) is 13.8. The third-order valence-electron chi connectivity index (χ3n) is 7.34. The molecule has 0 bridgehead atoms. The van der Waals surface area contributed by atoms with Gasteiger partial charge in [-0.3, -0.25) is 14.9 Å². The Morgan fingerprint density at radius 1 is 1.02 bits per heavy atom. The van der Waals surface area contributed by atoms with E-state index in [1.807, 2.05) is 42.5 Å². The number of nitro benzene ring substituents is 1. The fourth-order valence-electron chi connectivity index (χ4n) is 5.18. The smallest absolute Gasteiger partial charge is 0.311 e. The Balaban J connectivity index is 1.60. The molecule has 1 amide bonds. The van der Waals surface area contributed by atoms with Crippen molar-refractivity contribution in [3.63, 3.8) is 0 Å². The number of benzene rings is 3. The molecule has 0 saturated carbocycles. The van der Waals surface area contributed by atoms with Crippen molar-refractivity contribution in [2.45, 2.75) is 44.9 Å². The minimum absolute atomic E-state index is 0.0275. The van der Waals surface area contributed by atoms with Gasteiger partial charge in [0, 0.05) is 61.1 Å². The van der Waals surface area contributed by atoms with Crippen LogP contribution in [0.4, 0.5) is 22.7 Å². The summed E-state index contributed by atoms with van der Waals surface area (Å²) in [6.45, 7) is 6.05. The molecule has 5 N–H and O–H groups in total. The molecule has 0 radical (unpaired) electrons. The number of fused-ring (bicyclic) bond motifs is 1. The number of phenolic OH excluding ortho intramolecular Hbond substituents is 1. The van der Waals surface area contributed by atoms with Crippen LogP contribution in [0.2, 0.25) is 0 Å². The van der Waals surface area contributed by atoms with Crippen LogP contribution >= 0.6 is 0 Å². The van der Waals surface area contributed by atoms with Gasteiger partial charge in [0.15, 0.2) is 11.5 Å². The van der Waals surface area contributed by atoms with Gasteiger partial charge in [-0.25, -0.2) is 0 Å². The maximum atomic E-state index is 11.9. The SMILES string of the molecule is CC1(C)C(/C=C/c2ccc(O)c([N+](=O)[O-])c2)=[N+](CCCCCC(=O)NCCN)c2ccc(Nc3ccccc3)cc21. The highest BCUT2D eigenvalue weighted by molar-refractivity contribution is 6.05. The summed E-state index contributed by atoms with van der Waals surface area (Å²) in [5.41, 5.74) is 10.8. The molecule has 1 aliphatic rings. The number of nitrogens with one attached hydrogen (secondary N) is 2. The van der Waals surface area contributed by atoms with E-state index in [1.54, 1.807) is 6.07 Å². The fourth-order valence-corrected chi connectivity index (χ4v) is 5.18. The number of anilines is 2. The van der Waals surface area contributed by atoms with E-state index in [4.69, 9.17) is 5.73 Å². The van der Waals surface area contributed by atoms with Gasteiger partial charge >= 0.3 is 5.69 Å². The van der Waals surface area contributed by atoms with E-state index in [-0.39, 0.29) is 22.8 Å². The molecule has 0 aromatic heterocycles. The van der Waals surface area contributed by atoms with Crippen LogP contribution in [0.5, 0.6) is 5.75 Å². The zero-order valence-corrected chi connectivity index (χ0v) is 23.6. The van der Waals surface area contributed by atoms with Crippen molar-refractivity contribution in [2.24, 2.45) is 5.73 Å². The summed E-state index contributed by atoms with van der Waals surface area (Å²) in [6, 6.07) is 20.8. The highest BCUT2D eigenvalue weighted by Crippen LogP contribution is 2.42. The van der Waals surface area contributed by atoms with Gasteiger partial charge in [-0.15, -0.1) is 0 Å². The second kappa shape index (κ2) is 13.2. The maximum Gasteiger partial charge on any atom is 0.311 e. The lowest BCUT2D eigenvalue weighted by molar-refractivity contribution is -0.438. The molecule has 0 fully saturated rings. The number of hydrogen-bond acceptors (Lipinski definition) is 6. The van der Waals surface area contributed by atoms with Gasteiger partial charge in [0.2, 0.25) is 11.6 Å². The fraction of sp³-hybridized carbons (Fsp3) is 0.312. The van der Waals surface area contributed by atoms with E-state index >= 15 is 0 Å². The average molecular weight is 557 g/mol. The zero-order chi connectivity index (χ0) is 29.4. The molecule has 0 saturated heterocycles. The topological polar surface area (TPSA) is 134 Å². The molecule has 214 valence electrons. The Hall–Kier alpha value is -4.50. The van der Waals surface area contributed by atoms with Crippen molar-refractivity contribution in [3.8, 4) is 5.75 Å². The molecule has 9 heteroatoms. The van der Waals surface area contributed by atoms with Crippen LogP contribution in [0.25, 0.3) is 6.08 Å². The number of unbranched alkanes of at least 4 members (excludes halogenated alkanes) is 2. The number of carbonyl (C=O) groups is 1. The van der Waals surface area contributed by atoms with E-state index < -0.39 is 4.92 Å². The number of para-hydroxylation sites is 1. The largest absolute Gasteiger partial charge is 0.502 e. The first-order chi connectivity index (χ1) is 19.7. The van der Waals surface area contributed by atoms with Crippen LogP contribution in [0.1, 0.15) is 50.7 Å². The number of nitro groups is 1. The summed E-state index contributed by atoms with van der Waals surface area (Å²) < 4.78 is 2.31. The first-order valence-electron chi connectivity index (χ1n) is 13.9. The number of nitrogens with two attached hydrogens (primary N) is 1. The molecule has 4 rings (SSSR count). The number of phenols is 1. The van der Waals surface area contributed by atoms with Crippen molar-refractivity contribution in [2.75, 3.05) is 25.0 Å². The second-order valence-electron chi connectivity index (χ2n) is 10.7. The van der Waals surface area contributed by atoms with Crippen LogP contribution in [0.15, 0.2) is 72.8 Å². The van der Waals surface area contributed by atoms with Gasteiger partial charge in [-0.05, 0) is 68.7 Å². The van der Waals surface area contributed by atoms with Crippen molar-refractivity contribution in [3.05, 3.63) is 94.0 Å². The number of carbonyl (C=O) groups excluding carboxylic acids is 1. The van der Waals surface area contributed by atoms with E-state index in [0.29, 0.717) is 25.1 Å². The Kier molecular flexibility index (Phi) is 9.52. The predicted octanol–water partition coefficient (Wildman–Crippen LogP) is 5.77. The van der Waals surface area contributed by atoms with Crippen LogP contribution < -0.4 is 16.4 Å². The van der Waals surface area contributed by atoms with Crippen molar-refractivity contribution in [1.82, 2.24) is 5.32 Å². The first kappa shape index (κ1) is 29.5. The minimum Gasteiger partial charge on any atom is -0.502 e. The molecule has 3 aromatic rings. The lowest BCUT2D eigenvalue weighted by Gasteiger charge is -2.17. The highest BCUT2D eigenvalue weighted by atomic mass is 16.6. The third kappa shape index (κ3) is 7.18. The number of rotatable bonds is 13. The molecule has 9 nitrogen and oxygen atoms in total. The monoisotopic (exact) mass is 556 g/mol. The molecule has 1 aliphatic heterocycles. The lowest BCUT2D eigenvalue weighted by Crippen LogP contribution is -2.28. The highest BCUT2D eigenvalue weighted by Gasteiger charge is 2.44. The van der Waals surface area contributed by atoms with E-state index in [0.717, 1.165) is 48.6 Å². The molecular weight excluding hydrogens is 518 g/mol. The van der Waals surface area contributed by atoms with E-state index in [2.05, 4.69) is 47.3 Å². The van der Waals surface area contributed by atoms with Crippen LogP contribution in [-0.4, -0.2) is 45.9 Å². The predicted molar refractivity (Wildman–Crippen MR) is 163 cm³/mol. The standard InChI is InChI=1S/C32H37N5O4/c1-32(2)26-22-25(35-24-9-5-3-6-10-24)14-15-27(26)36(20-8-4-7-11-31(39)34-19-18-33)30(32)17-13-23-12-16-29(38)28(21-23)37(40)41/h3,5-6,9-10,12-17,21-22,35H,4,7-8,11,18-20,33H2,1-2H3,(H,34,39)/p+1. The quantitative estimate of drug-likeness (QED) is 0.0914. The summed E-state index contributed by atoms with van der Waals surface area (Å²) in [6.07, 6.45) is 6.94. The maximum absolute atomic E-state index is 11.9. The number of aromatic hydroxyl groups is 1. The summed E-state index contributed by atoms with van der Waals surface area (Å²) in [5, 5.41) is 27.5. The molecule has 0 spiro atoms. The Bertz CT molecular complexity index is 1460. The second-order valence-corrected chi connectivity index (χ2v) is 10.7. The number of amides is 1.